The molecule has 0 aliphatic heterocycles. The van der Waals surface area contributed by atoms with Gasteiger partial charge in [0.15, 0.2) is 0 Å². The lowest BCUT2D eigenvalue weighted by molar-refractivity contribution is -0.122. The molecule has 0 bridgehead atoms. The van der Waals surface area contributed by atoms with Crippen LogP contribution >= 0.6 is 0 Å². The molecule has 2 rings (SSSR count). The van der Waals surface area contributed by atoms with Gasteiger partial charge in [0.05, 0.1) is 18.1 Å². The molecule has 1 amide bonds. The van der Waals surface area contributed by atoms with Gasteiger partial charge < -0.3 is 5.32 Å². The Kier molecular flexibility index (Phi) is 3.66. The van der Waals surface area contributed by atoms with Gasteiger partial charge in [-0.25, -0.2) is 0 Å². The first-order chi connectivity index (χ1) is 8.61. The Hall–Kier alpha value is -1.82. The monoisotopic (exact) mass is 242 g/mol. The van der Waals surface area contributed by atoms with Gasteiger partial charge in [0.2, 0.25) is 5.91 Å². The fourth-order valence-corrected chi connectivity index (χ4v) is 2.54. The number of benzene rings is 1. The highest BCUT2D eigenvalue weighted by Crippen LogP contribution is 2.28. The summed E-state index contributed by atoms with van der Waals surface area (Å²) < 4.78 is 0. The molecule has 1 fully saturated rings. The zero-order valence-corrected chi connectivity index (χ0v) is 10.7. The fourth-order valence-electron chi connectivity index (χ4n) is 2.54. The first-order valence-corrected chi connectivity index (χ1v) is 6.41. The van der Waals surface area contributed by atoms with Gasteiger partial charge in [0.1, 0.15) is 0 Å². The number of carbonyl (C=O) groups excluding carboxylic acids is 1. The second-order valence-electron chi connectivity index (χ2n) is 5.30. The Morgan fingerprint density at radius 1 is 1.33 bits per heavy atom. The van der Waals surface area contributed by atoms with Gasteiger partial charge in [0, 0.05) is 5.54 Å². The highest BCUT2D eigenvalue weighted by atomic mass is 16.1. The quantitative estimate of drug-likeness (QED) is 0.885. The van der Waals surface area contributed by atoms with Crippen LogP contribution in [0.4, 0.5) is 0 Å². The predicted octanol–water partition coefficient (Wildman–Crippen LogP) is 2.55. The third-order valence-corrected chi connectivity index (χ3v) is 3.60. The highest BCUT2D eigenvalue weighted by molar-refractivity contribution is 5.79. The van der Waals surface area contributed by atoms with Crippen molar-refractivity contribution in [2.24, 2.45) is 0 Å². The summed E-state index contributed by atoms with van der Waals surface area (Å²) in [7, 11) is 0. The SMILES string of the molecule is CC1(NC(=O)Cc2ccc(C#N)cc2)CCCC1. The number of hydrogen-bond donors (Lipinski definition) is 1. The van der Waals surface area contributed by atoms with Crippen LogP contribution in [0, 0.1) is 11.3 Å². The summed E-state index contributed by atoms with van der Waals surface area (Å²) in [5.41, 5.74) is 1.57. The molecule has 0 radical (unpaired) electrons. The van der Waals surface area contributed by atoms with Crippen molar-refractivity contribution in [2.45, 2.75) is 44.6 Å². The number of carbonyl (C=O) groups is 1. The normalized spacial score (nSPS) is 17.1. The van der Waals surface area contributed by atoms with Crippen LogP contribution in [0.15, 0.2) is 24.3 Å². The highest BCUT2D eigenvalue weighted by Gasteiger charge is 2.29. The van der Waals surface area contributed by atoms with E-state index in [-0.39, 0.29) is 11.4 Å². The van der Waals surface area contributed by atoms with Gasteiger partial charge >= 0.3 is 0 Å². The van der Waals surface area contributed by atoms with Gasteiger partial charge in [-0.05, 0) is 37.5 Å². The first kappa shape index (κ1) is 12.6. The molecule has 0 atom stereocenters. The zero-order chi connectivity index (χ0) is 13.0. The van der Waals surface area contributed by atoms with E-state index in [2.05, 4.69) is 18.3 Å². The third-order valence-electron chi connectivity index (χ3n) is 3.60. The summed E-state index contributed by atoms with van der Waals surface area (Å²) in [5.74, 6) is 0.0732. The maximum Gasteiger partial charge on any atom is 0.224 e. The van der Waals surface area contributed by atoms with Gasteiger partial charge in [-0.15, -0.1) is 0 Å². The van der Waals surface area contributed by atoms with Crippen molar-refractivity contribution >= 4 is 5.91 Å². The largest absolute Gasteiger partial charge is 0.351 e. The van der Waals surface area contributed by atoms with Crippen LogP contribution in [-0.4, -0.2) is 11.4 Å². The molecule has 0 aromatic heterocycles. The van der Waals surface area contributed by atoms with E-state index in [1.807, 2.05) is 12.1 Å². The molecule has 1 aliphatic rings. The van der Waals surface area contributed by atoms with Crippen molar-refractivity contribution < 1.29 is 4.79 Å². The molecule has 3 nitrogen and oxygen atoms in total. The summed E-state index contributed by atoms with van der Waals surface area (Å²) >= 11 is 0. The van der Waals surface area contributed by atoms with E-state index in [1.165, 1.54) is 12.8 Å². The van der Waals surface area contributed by atoms with Gasteiger partial charge in [-0.3, -0.25) is 4.79 Å². The molecule has 1 aromatic rings. The van der Waals surface area contributed by atoms with E-state index in [9.17, 15) is 4.79 Å². The molecular formula is C15H18N2O. The Bertz CT molecular complexity index is 464. The van der Waals surface area contributed by atoms with Gasteiger partial charge in [-0.2, -0.15) is 5.26 Å². The first-order valence-electron chi connectivity index (χ1n) is 6.41. The molecule has 1 aromatic carbocycles. The lowest BCUT2D eigenvalue weighted by atomic mass is 10.00. The van der Waals surface area contributed by atoms with Crippen LogP contribution in [0.2, 0.25) is 0 Å². The Balaban J connectivity index is 1.92. The summed E-state index contributed by atoms with van der Waals surface area (Å²) in [6.07, 6.45) is 4.95. The average molecular weight is 242 g/mol. The number of nitriles is 1. The van der Waals surface area contributed by atoms with E-state index in [0.29, 0.717) is 12.0 Å². The predicted molar refractivity (Wildman–Crippen MR) is 69.9 cm³/mol. The van der Waals surface area contributed by atoms with Crippen LogP contribution in [0.5, 0.6) is 0 Å². The molecule has 1 N–H and O–H groups in total. The van der Waals surface area contributed by atoms with E-state index in [0.717, 1.165) is 18.4 Å². The number of nitrogens with one attached hydrogen (secondary N) is 1. The number of hydrogen-bond acceptors (Lipinski definition) is 2. The minimum absolute atomic E-state index is 0.0102. The molecular weight excluding hydrogens is 224 g/mol. The minimum atomic E-state index is -0.0102. The Labute approximate surface area is 108 Å². The maximum atomic E-state index is 12.0. The Morgan fingerprint density at radius 3 is 2.50 bits per heavy atom. The number of nitrogens with zero attached hydrogens (tertiary/aromatic N) is 1. The molecule has 1 aliphatic carbocycles. The maximum absolute atomic E-state index is 12.0. The second-order valence-corrected chi connectivity index (χ2v) is 5.30. The molecule has 1 saturated carbocycles. The standard InChI is InChI=1S/C15H18N2O/c1-15(8-2-3-9-15)17-14(18)10-12-4-6-13(11-16)7-5-12/h4-7H,2-3,8-10H2,1H3,(H,17,18). The lowest BCUT2D eigenvalue weighted by Crippen LogP contribution is -2.44. The fraction of sp³-hybridized carbons (Fsp3) is 0.467. The molecule has 0 saturated heterocycles. The molecule has 3 heteroatoms. The van der Waals surface area contributed by atoms with E-state index in [4.69, 9.17) is 5.26 Å². The van der Waals surface area contributed by atoms with Crippen molar-refractivity contribution in [2.75, 3.05) is 0 Å². The smallest absolute Gasteiger partial charge is 0.224 e. The zero-order valence-electron chi connectivity index (χ0n) is 10.7. The average Bonchev–Trinajstić information content (AvgIpc) is 2.76. The van der Waals surface area contributed by atoms with Crippen molar-refractivity contribution in [1.82, 2.24) is 5.32 Å². The summed E-state index contributed by atoms with van der Waals surface area (Å²) in [4.78, 5) is 12.0. The molecule has 0 unspecified atom stereocenters. The lowest BCUT2D eigenvalue weighted by Gasteiger charge is -2.25. The van der Waals surface area contributed by atoms with E-state index in [1.54, 1.807) is 12.1 Å². The minimum Gasteiger partial charge on any atom is -0.351 e. The van der Waals surface area contributed by atoms with Gasteiger partial charge in [0.25, 0.3) is 0 Å². The van der Waals surface area contributed by atoms with Crippen LogP contribution in [0.25, 0.3) is 0 Å². The van der Waals surface area contributed by atoms with Crippen molar-refractivity contribution in [1.29, 1.82) is 5.26 Å². The van der Waals surface area contributed by atoms with Crippen LogP contribution < -0.4 is 5.32 Å². The van der Waals surface area contributed by atoms with E-state index < -0.39 is 0 Å². The summed E-state index contributed by atoms with van der Waals surface area (Å²) in [5, 5.41) is 11.8. The molecule has 18 heavy (non-hydrogen) atoms. The van der Waals surface area contributed by atoms with Crippen molar-refractivity contribution in [3.63, 3.8) is 0 Å². The van der Waals surface area contributed by atoms with Crippen LogP contribution in [0.1, 0.15) is 43.7 Å². The van der Waals surface area contributed by atoms with Crippen LogP contribution in [-0.2, 0) is 11.2 Å². The molecule has 94 valence electrons. The Morgan fingerprint density at radius 2 is 1.94 bits per heavy atom. The molecule has 0 heterocycles. The number of amides is 1. The van der Waals surface area contributed by atoms with Crippen molar-refractivity contribution in [3.05, 3.63) is 35.4 Å². The summed E-state index contributed by atoms with van der Waals surface area (Å²) in [6.45, 7) is 2.12. The number of rotatable bonds is 3. The van der Waals surface area contributed by atoms with Gasteiger partial charge in [-0.1, -0.05) is 25.0 Å². The van der Waals surface area contributed by atoms with Crippen molar-refractivity contribution in [3.8, 4) is 6.07 Å². The van der Waals surface area contributed by atoms with E-state index >= 15 is 0 Å². The topological polar surface area (TPSA) is 52.9 Å². The summed E-state index contributed by atoms with van der Waals surface area (Å²) in [6, 6.07) is 9.26. The second kappa shape index (κ2) is 5.22. The third kappa shape index (κ3) is 3.10. The molecule has 0 spiro atoms. The van der Waals surface area contributed by atoms with Crippen LogP contribution in [0.3, 0.4) is 0 Å².